The van der Waals surface area contributed by atoms with Gasteiger partial charge in [0.1, 0.15) is 5.82 Å². The lowest BCUT2D eigenvalue weighted by atomic mass is 10.1. The van der Waals surface area contributed by atoms with E-state index in [0.29, 0.717) is 6.04 Å². The molecule has 2 aliphatic heterocycles. The Kier molecular flexibility index (Phi) is 5.32. The summed E-state index contributed by atoms with van der Waals surface area (Å²) < 4.78 is 5.41. The maximum absolute atomic E-state index is 5.41. The number of hydrogen-bond acceptors (Lipinski definition) is 6. The summed E-state index contributed by atoms with van der Waals surface area (Å²) >= 11 is 0. The smallest absolute Gasteiger partial charge is 0.227 e. The highest BCUT2D eigenvalue weighted by molar-refractivity contribution is 5.42. The van der Waals surface area contributed by atoms with Crippen LogP contribution in [0.1, 0.15) is 17.5 Å². The number of anilines is 2. The standard InChI is InChI=1S/C20H27N5O/c1-16-3-2-4-17(13-16)14-24-8-6-18(15-24)22-19-5-7-21-20(23-19)25-9-11-26-12-10-25/h2-5,7,13,18H,6,8-12,14-15H2,1H3,(H,21,22,23). The Bertz CT molecular complexity index is 732. The number of ether oxygens (including phenoxy) is 1. The number of nitrogens with one attached hydrogen (secondary N) is 1. The average molecular weight is 353 g/mol. The van der Waals surface area contributed by atoms with Crippen molar-refractivity contribution in [2.24, 2.45) is 0 Å². The van der Waals surface area contributed by atoms with Gasteiger partial charge in [0.25, 0.3) is 0 Å². The number of aryl methyl sites for hydroxylation is 1. The molecule has 1 aromatic carbocycles. The van der Waals surface area contributed by atoms with E-state index in [2.05, 4.69) is 51.3 Å². The van der Waals surface area contributed by atoms with E-state index in [4.69, 9.17) is 9.72 Å². The molecular weight excluding hydrogens is 326 g/mol. The largest absolute Gasteiger partial charge is 0.378 e. The van der Waals surface area contributed by atoms with Crippen molar-refractivity contribution in [3.63, 3.8) is 0 Å². The number of aromatic nitrogens is 2. The van der Waals surface area contributed by atoms with Crippen molar-refractivity contribution < 1.29 is 4.74 Å². The second-order valence-electron chi connectivity index (χ2n) is 7.20. The first-order valence-corrected chi connectivity index (χ1v) is 9.46. The monoisotopic (exact) mass is 353 g/mol. The number of likely N-dealkylation sites (tertiary alicyclic amines) is 1. The Hall–Kier alpha value is -2.18. The van der Waals surface area contributed by atoms with Crippen molar-refractivity contribution in [3.05, 3.63) is 47.7 Å². The molecular formula is C20H27N5O. The Morgan fingerprint density at radius 2 is 2.08 bits per heavy atom. The molecule has 1 N–H and O–H groups in total. The van der Waals surface area contributed by atoms with Crippen molar-refractivity contribution in [2.45, 2.75) is 25.9 Å². The lowest BCUT2D eigenvalue weighted by Crippen LogP contribution is -2.37. The first-order valence-electron chi connectivity index (χ1n) is 9.46. The third-order valence-corrected chi connectivity index (χ3v) is 5.05. The molecule has 2 aromatic rings. The number of benzene rings is 1. The van der Waals surface area contributed by atoms with Gasteiger partial charge < -0.3 is 15.0 Å². The molecule has 6 nitrogen and oxygen atoms in total. The lowest BCUT2D eigenvalue weighted by molar-refractivity contribution is 0.122. The zero-order chi connectivity index (χ0) is 17.8. The first-order chi connectivity index (χ1) is 12.8. The SMILES string of the molecule is Cc1cccc(CN2CCC(Nc3ccnc(N4CCOCC4)n3)C2)c1. The quantitative estimate of drug-likeness (QED) is 0.890. The van der Waals surface area contributed by atoms with E-state index < -0.39 is 0 Å². The maximum atomic E-state index is 5.41. The molecule has 26 heavy (non-hydrogen) atoms. The Morgan fingerprint density at radius 3 is 2.92 bits per heavy atom. The maximum Gasteiger partial charge on any atom is 0.227 e. The number of hydrogen-bond donors (Lipinski definition) is 1. The average Bonchev–Trinajstić information content (AvgIpc) is 3.09. The summed E-state index contributed by atoms with van der Waals surface area (Å²) in [4.78, 5) is 13.8. The van der Waals surface area contributed by atoms with Crippen molar-refractivity contribution in [3.8, 4) is 0 Å². The van der Waals surface area contributed by atoms with Gasteiger partial charge in [-0.05, 0) is 25.0 Å². The summed E-state index contributed by atoms with van der Waals surface area (Å²) in [7, 11) is 0. The van der Waals surface area contributed by atoms with Crippen molar-refractivity contribution >= 4 is 11.8 Å². The summed E-state index contributed by atoms with van der Waals surface area (Å²) in [6.07, 6.45) is 2.99. The summed E-state index contributed by atoms with van der Waals surface area (Å²) in [5.74, 6) is 1.72. The molecule has 1 atom stereocenters. The van der Waals surface area contributed by atoms with Gasteiger partial charge in [-0.2, -0.15) is 4.98 Å². The molecule has 0 amide bonds. The zero-order valence-electron chi connectivity index (χ0n) is 15.4. The normalized spacial score (nSPS) is 21.1. The van der Waals surface area contributed by atoms with Crippen LogP contribution in [-0.4, -0.2) is 60.3 Å². The highest BCUT2D eigenvalue weighted by Crippen LogP contribution is 2.19. The van der Waals surface area contributed by atoms with Gasteiger partial charge in [0.15, 0.2) is 0 Å². The molecule has 2 aliphatic rings. The fraction of sp³-hybridized carbons (Fsp3) is 0.500. The molecule has 2 fully saturated rings. The van der Waals surface area contributed by atoms with Gasteiger partial charge in [-0.3, -0.25) is 4.90 Å². The Balaban J connectivity index is 1.33. The van der Waals surface area contributed by atoms with Crippen LogP contribution in [0.25, 0.3) is 0 Å². The summed E-state index contributed by atoms with van der Waals surface area (Å²) in [6, 6.07) is 11.2. The first kappa shape index (κ1) is 17.2. The zero-order valence-corrected chi connectivity index (χ0v) is 15.4. The topological polar surface area (TPSA) is 53.5 Å². The number of morpholine rings is 1. The Labute approximate surface area is 155 Å². The van der Waals surface area contributed by atoms with Crippen LogP contribution in [0.3, 0.4) is 0 Å². The second-order valence-corrected chi connectivity index (χ2v) is 7.20. The van der Waals surface area contributed by atoms with Crippen LogP contribution < -0.4 is 10.2 Å². The van der Waals surface area contributed by atoms with Crippen molar-refractivity contribution in [1.82, 2.24) is 14.9 Å². The van der Waals surface area contributed by atoms with Crippen LogP contribution in [-0.2, 0) is 11.3 Å². The third kappa shape index (κ3) is 4.31. The predicted molar refractivity (Wildman–Crippen MR) is 104 cm³/mol. The van der Waals surface area contributed by atoms with Crippen LogP contribution in [0.5, 0.6) is 0 Å². The summed E-state index contributed by atoms with van der Waals surface area (Å²) in [5.41, 5.74) is 2.72. The van der Waals surface area contributed by atoms with Crippen molar-refractivity contribution in [2.75, 3.05) is 49.6 Å². The molecule has 1 aromatic heterocycles. The van der Waals surface area contributed by atoms with Gasteiger partial charge in [0.05, 0.1) is 13.2 Å². The van der Waals surface area contributed by atoms with Crippen molar-refractivity contribution in [1.29, 1.82) is 0 Å². The molecule has 2 saturated heterocycles. The van der Waals surface area contributed by atoms with Crippen LogP contribution >= 0.6 is 0 Å². The third-order valence-electron chi connectivity index (χ3n) is 5.05. The van der Waals surface area contributed by atoms with E-state index >= 15 is 0 Å². The number of rotatable bonds is 5. The van der Waals surface area contributed by atoms with E-state index in [1.165, 1.54) is 11.1 Å². The van der Waals surface area contributed by atoms with Gasteiger partial charge in [-0.25, -0.2) is 4.98 Å². The van der Waals surface area contributed by atoms with Gasteiger partial charge in [-0.1, -0.05) is 29.8 Å². The molecule has 0 bridgehead atoms. The fourth-order valence-corrected chi connectivity index (χ4v) is 3.72. The van der Waals surface area contributed by atoms with E-state index in [-0.39, 0.29) is 0 Å². The molecule has 0 spiro atoms. The van der Waals surface area contributed by atoms with Crippen LogP contribution in [0.15, 0.2) is 36.5 Å². The minimum absolute atomic E-state index is 0.437. The highest BCUT2D eigenvalue weighted by atomic mass is 16.5. The predicted octanol–water partition coefficient (Wildman–Crippen LogP) is 2.31. The highest BCUT2D eigenvalue weighted by Gasteiger charge is 2.23. The van der Waals surface area contributed by atoms with Gasteiger partial charge in [-0.15, -0.1) is 0 Å². The molecule has 138 valence electrons. The Morgan fingerprint density at radius 1 is 1.19 bits per heavy atom. The molecule has 0 aliphatic carbocycles. The molecule has 3 heterocycles. The van der Waals surface area contributed by atoms with E-state index in [0.717, 1.165) is 64.1 Å². The van der Waals surface area contributed by atoms with Crippen LogP contribution in [0, 0.1) is 6.92 Å². The fourth-order valence-electron chi connectivity index (χ4n) is 3.72. The second kappa shape index (κ2) is 8.01. The molecule has 1 unspecified atom stereocenters. The van der Waals surface area contributed by atoms with Gasteiger partial charge in [0, 0.05) is 45.0 Å². The van der Waals surface area contributed by atoms with Gasteiger partial charge >= 0.3 is 0 Å². The minimum atomic E-state index is 0.437. The molecule has 0 saturated carbocycles. The van der Waals surface area contributed by atoms with Crippen LogP contribution in [0.4, 0.5) is 11.8 Å². The van der Waals surface area contributed by atoms with E-state index in [1.807, 2.05) is 12.3 Å². The van der Waals surface area contributed by atoms with E-state index in [9.17, 15) is 0 Å². The summed E-state index contributed by atoms with van der Waals surface area (Å²) in [5, 5.41) is 3.60. The molecule has 4 rings (SSSR count). The minimum Gasteiger partial charge on any atom is -0.378 e. The molecule has 0 radical (unpaired) electrons. The van der Waals surface area contributed by atoms with Crippen LogP contribution in [0.2, 0.25) is 0 Å². The van der Waals surface area contributed by atoms with Gasteiger partial charge in [0.2, 0.25) is 5.95 Å². The van der Waals surface area contributed by atoms with E-state index in [1.54, 1.807) is 0 Å². The molecule has 6 heteroatoms. The lowest BCUT2D eigenvalue weighted by Gasteiger charge is -2.27. The summed E-state index contributed by atoms with van der Waals surface area (Å²) in [6.45, 7) is 8.54. The number of nitrogens with zero attached hydrogens (tertiary/aromatic N) is 4.